The lowest BCUT2D eigenvalue weighted by atomic mass is 10.2. The largest absolute Gasteiger partial charge is 0.504 e. The van der Waals surface area contributed by atoms with Gasteiger partial charge in [0.25, 0.3) is 5.91 Å². The maximum atomic E-state index is 11.7. The van der Waals surface area contributed by atoms with E-state index in [1.807, 2.05) is 0 Å². The third kappa shape index (κ3) is 2.36. The molecule has 0 spiro atoms. The van der Waals surface area contributed by atoms with E-state index in [-0.39, 0.29) is 22.9 Å². The van der Waals surface area contributed by atoms with Crippen molar-refractivity contribution in [1.82, 2.24) is 5.16 Å². The number of amides is 1. The second-order valence-electron chi connectivity index (χ2n) is 3.49. The van der Waals surface area contributed by atoms with E-state index < -0.39 is 5.91 Å². The number of anilines is 1. The lowest BCUT2D eigenvalue weighted by Gasteiger charge is -2.02. The molecule has 88 valence electrons. The number of phenols is 2. The van der Waals surface area contributed by atoms with Crippen LogP contribution in [0.5, 0.6) is 11.5 Å². The molecule has 0 aliphatic carbocycles. The summed E-state index contributed by atoms with van der Waals surface area (Å²) >= 11 is 0. The monoisotopic (exact) mass is 234 g/mol. The number of phenolic OH excluding ortho intramolecular Hbond substituents is 2. The van der Waals surface area contributed by atoms with Crippen molar-refractivity contribution in [3.63, 3.8) is 0 Å². The number of carbonyl (C=O) groups excluding carboxylic acids is 1. The van der Waals surface area contributed by atoms with Crippen molar-refractivity contribution in [2.75, 3.05) is 5.32 Å². The first-order valence-electron chi connectivity index (χ1n) is 4.83. The van der Waals surface area contributed by atoms with Gasteiger partial charge in [-0.25, -0.2) is 0 Å². The number of aromatic hydroxyl groups is 2. The topological polar surface area (TPSA) is 95.6 Å². The minimum Gasteiger partial charge on any atom is -0.504 e. The van der Waals surface area contributed by atoms with Gasteiger partial charge in [-0.05, 0) is 25.1 Å². The molecule has 0 unspecified atom stereocenters. The Morgan fingerprint density at radius 1 is 1.29 bits per heavy atom. The third-order valence-electron chi connectivity index (χ3n) is 2.10. The number of aryl methyl sites for hydroxylation is 1. The van der Waals surface area contributed by atoms with Gasteiger partial charge in [-0.15, -0.1) is 0 Å². The number of carbonyl (C=O) groups is 1. The van der Waals surface area contributed by atoms with Crippen LogP contribution in [-0.4, -0.2) is 21.3 Å². The molecule has 3 N–H and O–H groups in total. The molecule has 1 amide bonds. The van der Waals surface area contributed by atoms with Crippen LogP contribution in [0.1, 0.15) is 16.1 Å². The first-order chi connectivity index (χ1) is 8.06. The van der Waals surface area contributed by atoms with Crippen molar-refractivity contribution in [3.8, 4) is 11.5 Å². The minimum absolute atomic E-state index is 0.203. The van der Waals surface area contributed by atoms with Gasteiger partial charge in [0, 0.05) is 11.6 Å². The summed E-state index contributed by atoms with van der Waals surface area (Å²) in [6.07, 6.45) is 0. The highest BCUT2D eigenvalue weighted by atomic mass is 16.5. The fourth-order valence-corrected chi connectivity index (χ4v) is 1.27. The highest BCUT2D eigenvalue weighted by Gasteiger charge is 2.11. The first-order valence-corrected chi connectivity index (χ1v) is 4.83. The molecule has 0 bridgehead atoms. The third-order valence-corrected chi connectivity index (χ3v) is 2.10. The minimum atomic E-state index is -0.462. The molecule has 0 aliphatic heterocycles. The summed E-state index contributed by atoms with van der Waals surface area (Å²) in [4.78, 5) is 11.7. The smallest absolute Gasteiger partial charge is 0.258 e. The van der Waals surface area contributed by atoms with Crippen LogP contribution in [0, 0.1) is 6.92 Å². The lowest BCUT2D eigenvalue weighted by Crippen LogP contribution is -2.10. The molecule has 1 aromatic carbocycles. The van der Waals surface area contributed by atoms with Crippen molar-refractivity contribution in [1.29, 1.82) is 0 Å². The number of nitrogens with zero attached hydrogens (tertiary/aromatic N) is 1. The normalized spacial score (nSPS) is 10.2. The van der Waals surface area contributed by atoms with E-state index in [1.165, 1.54) is 12.1 Å². The van der Waals surface area contributed by atoms with Crippen LogP contribution in [0.3, 0.4) is 0 Å². The Morgan fingerprint density at radius 2 is 2.06 bits per heavy atom. The van der Waals surface area contributed by atoms with Gasteiger partial charge < -0.3 is 14.7 Å². The summed E-state index contributed by atoms with van der Waals surface area (Å²) in [5.74, 6) is -0.875. The molecule has 6 nitrogen and oxygen atoms in total. The fraction of sp³-hybridized carbons (Fsp3) is 0.0909. The number of hydrogen-bond donors (Lipinski definition) is 3. The van der Waals surface area contributed by atoms with E-state index in [4.69, 9.17) is 9.63 Å². The average molecular weight is 234 g/mol. The zero-order valence-corrected chi connectivity index (χ0v) is 8.97. The molecule has 0 saturated carbocycles. The number of hydrogen-bond acceptors (Lipinski definition) is 5. The van der Waals surface area contributed by atoms with Crippen LogP contribution in [0.4, 0.5) is 5.88 Å². The summed E-state index contributed by atoms with van der Waals surface area (Å²) in [6, 6.07) is 5.34. The summed E-state index contributed by atoms with van der Waals surface area (Å²) in [5, 5.41) is 24.4. The first kappa shape index (κ1) is 11.0. The number of rotatable bonds is 2. The predicted molar refractivity (Wildman–Crippen MR) is 59.0 cm³/mol. The summed E-state index contributed by atoms with van der Waals surface area (Å²) in [6.45, 7) is 1.73. The van der Waals surface area contributed by atoms with E-state index in [1.54, 1.807) is 13.0 Å². The Balaban J connectivity index is 2.17. The van der Waals surface area contributed by atoms with Gasteiger partial charge in [0.05, 0.1) is 5.69 Å². The SMILES string of the molecule is Cc1cc(NC(=O)c2ccc(O)c(O)c2)on1. The zero-order valence-electron chi connectivity index (χ0n) is 8.97. The molecule has 0 aliphatic rings. The summed E-state index contributed by atoms with van der Waals surface area (Å²) < 4.78 is 4.82. The molecule has 6 heteroatoms. The van der Waals surface area contributed by atoms with Gasteiger partial charge in [0.1, 0.15) is 0 Å². The van der Waals surface area contributed by atoms with Crippen molar-refractivity contribution in [2.45, 2.75) is 6.92 Å². The van der Waals surface area contributed by atoms with Crippen LogP contribution in [-0.2, 0) is 0 Å². The van der Waals surface area contributed by atoms with Gasteiger partial charge in [-0.2, -0.15) is 0 Å². The quantitative estimate of drug-likeness (QED) is 0.686. The van der Waals surface area contributed by atoms with Crippen LogP contribution in [0.25, 0.3) is 0 Å². The van der Waals surface area contributed by atoms with Crippen LogP contribution < -0.4 is 5.32 Å². The maximum Gasteiger partial charge on any atom is 0.258 e. The van der Waals surface area contributed by atoms with E-state index >= 15 is 0 Å². The highest BCUT2D eigenvalue weighted by Crippen LogP contribution is 2.25. The van der Waals surface area contributed by atoms with Gasteiger partial charge >= 0.3 is 0 Å². The molecule has 0 fully saturated rings. The summed E-state index contributed by atoms with van der Waals surface area (Å²) in [5.41, 5.74) is 0.850. The van der Waals surface area contributed by atoms with Crippen LogP contribution >= 0.6 is 0 Å². The Labute approximate surface area is 96.5 Å². The van der Waals surface area contributed by atoms with E-state index in [0.717, 1.165) is 6.07 Å². The van der Waals surface area contributed by atoms with Crippen molar-refractivity contribution in [2.24, 2.45) is 0 Å². The Bertz CT molecular complexity index is 562. The van der Waals surface area contributed by atoms with Gasteiger partial charge in [-0.3, -0.25) is 10.1 Å². The van der Waals surface area contributed by atoms with Gasteiger partial charge in [-0.1, -0.05) is 5.16 Å². The fourth-order valence-electron chi connectivity index (χ4n) is 1.27. The molecule has 2 aromatic rings. The standard InChI is InChI=1S/C11H10N2O4/c1-6-4-10(17-13-6)12-11(16)7-2-3-8(14)9(15)5-7/h2-5,14-15H,1H3,(H,12,16). The van der Waals surface area contributed by atoms with Crippen molar-refractivity contribution >= 4 is 11.8 Å². The number of aromatic nitrogens is 1. The Kier molecular flexibility index (Phi) is 2.70. The molecule has 1 aromatic heterocycles. The van der Waals surface area contributed by atoms with E-state index in [2.05, 4.69) is 10.5 Å². The van der Waals surface area contributed by atoms with Crippen LogP contribution in [0.15, 0.2) is 28.8 Å². The Hall–Kier alpha value is -2.50. The zero-order chi connectivity index (χ0) is 12.4. The van der Waals surface area contributed by atoms with Crippen molar-refractivity contribution < 1.29 is 19.5 Å². The van der Waals surface area contributed by atoms with E-state index in [9.17, 15) is 9.90 Å². The average Bonchev–Trinajstić information content (AvgIpc) is 2.68. The van der Waals surface area contributed by atoms with Gasteiger partial charge in [0.2, 0.25) is 5.88 Å². The second kappa shape index (κ2) is 4.17. The lowest BCUT2D eigenvalue weighted by molar-refractivity contribution is 0.102. The van der Waals surface area contributed by atoms with Crippen molar-refractivity contribution in [3.05, 3.63) is 35.5 Å². The molecular weight excluding hydrogens is 224 g/mol. The predicted octanol–water partition coefficient (Wildman–Crippen LogP) is 1.65. The van der Waals surface area contributed by atoms with Crippen LogP contribution in [0.2, 0.25) is 0 Å². The number of nitrogens with one attached hydrogen (secondary N) is 1. The Morgan fingerprint density at radius 3 is 2.65 bits per heavy atom. The maximum absolute atomic E-state index is 11.7. The summed E-state index contributed by atoms with van der Waals surface area (Å²) in [7, 11) is 0. The van der Waals surface area contributed by atoms with E-state index in [0.29, 0.717) is 5.69 Å². The number of benzene rings is 1. The molecule has 0 saturated heterocycles. The molecule has 0 atom stereocenters. The molecule has 1 heterocycles. The second-order valence-corrected chi connectivity index (χ2v) is 3.49. The van der Waals surface area contributed by atoms with Gasteiger partial charge in [0.15, 0.2) is 11.5 Å². The molecule has 2 rings (SSSR count). The molecule has 17 heavy (non-hydrogen) atoms. The molecular formula is C11H10N2O4. The molecule has 0 radical (unpaired) electrons. The highest BCUT2D eigenvalue weighted by molar-refractivity contribution is 6.03.